The Morgan fingerprint density at radius 3 is 2.41 bits per heavy atom. The summed E-state index contributed by atoms with van der Waals surface area (Å²) in [5.74, 6) is 0. The van der Waals surface area contributed by atoms with Crippen LogP contribution in [0.15, 0.2) is 0 Å². The molecule has 0 aliphatic heterocycles. The molecule has 0 amide bonds. The van der Waals surface area contributed by atoms with Gasteiger partial charge in [0.05, 0.1) is 6.10 Å². The first-order valence-electron chi connectivity index (χ1n) is 4.96. The van der Waals surface area contributed by atoms with E-state index in [1.54, 1.807) is 0 Å². The van der Waals surface area contributed by atoms with Crippen molar-refractivity contribution in [2.45, 2.75) is 44.1 Å². The monoisotopic (exact) mass is 280 g/mol. The van der Waals surface area contributed by atoms with E-state index in [4.69, 9.17) is 0 Å². The third-order valence-corrected chi connectivity index (χ3v) is 3.10. The van der Waals surface area contributed by atoms with Crippen LogP contribution in [0.25, 0.3) is 0 Å². The van der Waals surface area contributed by atoms with Gasteiger partial charge in [-0.05, 0) is 19.3 Å². The largest absolute Gasteiger partial charge is 0.413 e. The van der Waals surface area contributed by atoms with E-state index < -0.39 is 35.5 Å². The van der Waals surface area contributed by atoms with Crippen molar-refractivity contribution >= 4 is 10.4 Å². The van der Waals surface area contributed by atoms with Crippen molar-refractivity contribution in [2.75, 3.05) is 6.61 Å². The molecule has 102 valence electrons. The van der Waals surface area contributed by atoms with Gasteiger partial charge in [0, 0.05) is 6.42 Å². The predicted molar refractivity (Wildman–Crippen MR) is 49.2 cm³/mol. The molecule has 1 rings (SSSR count). The van der Waals surface area contributed by atoms with E-state index in [1.807, 2.05) is 0 Å². The van der Waals surface area contributed by atoms with E-state index in [9.17, 15) is 26.0 Å². The van der Waals surface area contributed by atoms with E-state index in [2.05, 4.69) is 8.37 Å². The maximum atomic E-state index is 12.9. The SMILES string of the molecule is O=S(=O)(OCC(F)(F)F)OC1CCCC(F)C1. The fraction of sp³-hybridized carbons (Fsp3) is 1.00. The Bertz CT molecular complexity index is 340. The fourth-order valence-electron chi connectivity index (χ4n) is 1.51. The van der Waals surface area contributed by atoms with Gasteiger partial charge in [0.15, 0.2) is 6.61 Å². The summed E-state index contributed by atoms with van der Waals surface area (Å²) < 4.78 is 78.0. The third kappa shape index (κ3) is 6.18. The lowest BCUT2D eigenvalue weighted by molar-refractivity contribution is -0.154. The Balaban J connectivity index is 2.43. The Morgan fingerprint density at radius 1 is 1.24 bits per heavy atom. The summed E-state index contributed by atoms with van der Waals surface area (Å²) in [5, 5.41) is 0. The molecule has 0 aromatic heterocycles. The summed E-state index contributed by atoms with van der Waals surface area (Å²) in [5.41, 5.74) is 0. The van der Waals surface area contributed by atoms with Gasteiger partial charge in [-0.3, -0.25) is 0 Å². The van der Waals surface area contributed by atoms with E-state index in [0.717, 1.165) is 0 Å². The zero-order valence-corrected chi connectivity index (χ0v) is 9.56. The molecule has 1 aliphatic rings. The smallest absolute Gasteiger partial charge is 0.247 e. The summed E-state index contributed by atoms with van der Waals surface area (Å²) in [6, 6.07) is 0. The second-order valence-electron chi connectivity index (χ2n) is 3.77. The molecule has 1 saturated carbocycles. The van der Waals surface area contributed by atoms with Crippen LogP contribution in [0.2, 0.25) is 0 Å². The quantitative estimate of drug-likeness (QED) is 0.740. The molecule has 0 saturated heterocycles. The van der Waals surface area contributed by atoms with E-state index in [-0.39, 0.29) is 12.8 Å². The van der Waals surface area contributed by atoms with Gasteiger partial charge in [0.25, 0.3) is 0 Å². The molecule has 0 aromatic carbocycles. The minimum Gasteiger partial charge on any atom is -0.247 e. The second kappa shape index (κ2) is 5.49. The highest BCUT2D eigenvalue weighted by Crippen LogP contribution is 2.25. The summed E-state index contributed by atoms with van der Waals surface area (Å²) in [6.45, 7) is -1.94. The van der Waals surface area contributed by atoms with Crippen LogP contribution >= 0.6 is 0 Å². The van der Waals surface area contributed by atoms with Crippen LogP contribution in [-0.2, 0) is 18.8 Å². The fourth-order valence-corrected chi connectivity index (χ4v) is 2.35. The predicted octanol–water partition coefficient (Wildman–Crippen LogP) is 2.11. The highest BCUT2D eigenvalue weighted by atomic mass is 32.3. The number of hydrogen-bond acceptors (Lipinski definition) is 4. The van der Waals surface area contributed by atoms with E-state index in [0.29, 0.717) is 12.8 Å². The molecule has 17 heavy (non-hydrogen) atoms. The van der Waals surface area contributed by atoms with Crippen LogP contribution in [0.3, 0.4) is 0 Å². The summed E-state index contributed by atoms with van der Waals surface area (Å²) in [7, 11) is -4.72. The Kier molecular flexibility index (Phi) is 4.73. The minimum absolute atomic E-state index is 0.144. The average Bonchev–Trinajstić information content (AvgIpc) is 2.13. The van der Waals surface area contributed by atoms with Crippen molar-refractivity contribution in [1.82, 2.24) is 0 Å². The molecule has 0 spiro atoms. The lowest BCUT2D eigenvalue weighted by atomic mass is 9.96. The molecule has 0 heterocycles. The van der Waals surface area contributed by atoms with Gasteiger partial charge in [-0.2, -0.15) is 21.6 Å². The van der Waals surface area contributed by atoms with Gasteiger partial charge in [-0.15, -0.1) is 0 Å². The van der Waals surface area contributed by atoms with Crippen LogP contribution in [0, 0.1) is 0 Å². The van der Waals surface area contributed by atoms with Crippen LogP contribution in [0.1, 0.15) is 25.7 Å². The molecular formula is C8H12F4O4S. The first kappa shape index (κ1) is 14.7. The Labute approximate surface area is 96.2 Å². The normalized spacial score (nSPS) is 27.1. The first-order chi connectivity index (χ1) is 7.68. The number of rotatable bonds is 4. The average molecular weight is 280 g/mol. The third-order valence-electron chi connectivity index (χ3n) is 2.18. The van der Waals surface area contributed by atoms with Crippen molar-refractivity contribution < 1.29 is 34.3 Å². The van der Waals surface area contributed by atoms with E-state index in [1.165, 1.54) is 0 Å². The molecule has 1 fully saturated rings. The highest BCUT2D eigenvalue weighted by Gasteiger charge is 2.33. The summed E-state index contributed by atoms with van der Waals surface area (Å²) in [6.07, 6.45) is -6.01. The van der Waals surface area contributed by atoms with Gasteiger partial charge in [0.2, 0.25) is 0 Å². The second-order valence-corrected chi connectivity index (χ2v) is 5.01. The van der Waals surface area contributed by atoms with Crippen LogP contribution in [0.4, 0.5) is 17.6 Å². The van der Waals surface area contributed by atoms with Crippen molar-refractivity contribution in [3.8, 4) is 0 Å². The standard InChI is InChI=1S/C8H12F4O4S/c9-6-2-1-3-7(4-6)16-17(13,14)15-5-8(10,11)12/h6-7H,1-5H2. The van der Waals surface area contributed by atoms with Gasteiger partial charge < -0.3 is 0 Å². The molecule has 0 radical (unpaired) electrons. The minimum atomic E-state index is -4.76. The molecule has 9 heteroatoms. The van der Waals surface area contributed by atoms with Crippen LogP contribution in [-0.4, -0.2) is 33.5 Å². The lowest BCUT2D eigenvalue weighted by Crippen LogP contribution is -2.29. The molecule has 0 aromatic rings. The first-order valence-corrected chi connectivity index (χ1v) is 6.30. The van der Waals surface area contributed by atoms with E-state index >= 15 is 0 Å². The van der Waals surface area contributed by atoms with Crippen LogP contribution in [0.5, 0.6) is 0 Å². The zero-order valence-electron chi connectivity index (χ0n) is 8.74. The summed E-state index contributed by atoms with van der Waals surface area (Å²) in [4.78, 5) is 0. The lowest BCUT2D eigenvalue weighted by Gasteiger charge is -2.23. The van der Waals surface area contributed by atoms with Gasteiger partial charge in [0.1, 0.15) is 6.17 Å². The maximum absolute atomic E-state index is 12.9. The van der Waals surface area contributed by atoms with Gasteiger partial charge in [-0.1, -0.05) is 0 Å². The molecule has 0 bridgehead atoms. The molecule has 4 nitrogen and oxygen atoms in total. The van der Waals surface area contributed by atoms with Crippen molar-refractivity contribution in [2.24, 2.45) is 0 Å². The highest BCUT2D eigenvalue weighted by molar-refractivity contribution is 7.81. The molecule has 2 unspecified atom stereocenters. The maximum Gasteiger partial charge on any atom is 0.413 e. The van der Waals surface area contributed by atoms with Gasteiger partial charge >= 0.3 is 16.6 Å². The molecular weight excluding hydrogens is 268 g/mol. The van der Waals surface area contributed by atoms with Gasteiger partial charge in [-0.25, -0.2) is 12.8 Å². The number of hydrogen-bond donors (Lipinski definition) is 0. The van der Waals surface area contributed by atoms with Crippen LogP contribution < -0.4 is 0 Å². The summed E-state index contributed by atoms with van der Waals surface area (Å²) >= 11 is 0. The molecule has 2 atom stereocenters. The topological polar surface area (TPSA) is 52.6 Å². The zero-order chi connectivity index (χ0) is 13.1. The Hall–Kier alpha value is -0.410. The van der Waals surface area contributed by atoms with Crippen molar-refractivity contribution in [3.05, 3.63) is 0 Å². The Morgan fingerprint density at radius 2 is 1.88 bits per heavy atom. The number of alkyl halides is 4. The van der Waals surface area contributed by atoms with Crippen molar-refractivity contribution in [3.63, 3.8) is 0 Å². The molecule has 0 N–H and O–H groups in total. The molecule has 1 aliphatic carbocycles. The number of halogens is 4. The van der Waals surface area contributed by atoms with Crippen molar-refractivity contribution in [1.29, 1.82) is 0 Å².